The van der Waals surface area contributed by atoms with Crippen molar-refractivity contribution in [2.75, 3.05) is 0 Å². The van der Waals surface area contributed by atoms with Crippen molar-refractivity contribution in [3.05, 3.63) is 0 Å². The molecule has 0 N–H and O–H groups in total. The standard InChI is InChI=1S/Al.Ba.Li.Mn.Ni.6H. The van der Waals surface area contributed by atoms with Crippen LogP contribution in [0.15, 0.2) is 0 Å². The van der Waals surface area contributed by atoms with Gasteiger partial charge in [0, 0.05) is 33.6 Å². The first-order valence-electron chi connectivity index (χ1n) is 0. The van der Waals surface area contributed by atoms with Gasteiger partial charge in [-0.3, -0.25) is 0 Å². The second-order valence-electron chi connectivity index (χ2n) is 0. The minimum Gasteiger partial charge on any atom is 0 e. The molecule has 0 saturated carbocycles. The van der Waals surface area contributed by atoms with Gasteiger partial charge < -0.3 is 0 Å². The van der Waals surface area contributed by atoms with Gasteiger partial charge in [0.2, 0.25) is 0 Å². The summed E-state index contributed by atoms with van der Waals surface area (Å²) in [6, 6.07) is 0. The molecule has 0 saturated heterocycles. The quantitative estimate of drug-likeness (QED) is 0.424. The fourth-order valence-corrected chi connectivity index (χ4v) is 0. The largest absolute Gasteiger partial charge is 0 e. The molecule has 0 atom stereocenters. The first-order valence-corrected chi connectivity index (χ1v) is 0. The van der Waals surface area contributed by atoms with Crippen LogP contribution in [0.5, 0.6) is 0 Å². The monoisotopic (exact) mass is 291 g/mol. The maximum absolute atomic E-state index is 0. The van der Waals surface area contributed by atoms with Gasteiger partial charge in [0.25, 0.3) is 0 Å². The van der Waals surface area contributed by atoms with Crippen molar-refractivity contribution in [1.82, 2.24) is 0 Å². The van der Waals surface area contributed by atoms with Gasteiger partial charge in [-0.05, 0) is 0 Å². The molecule has 0 heterocycles. The summed E-state index contributed by atoms with van der Waals surface area (Å²) in [6.07, 6.45) is 0. The van der Waals surface area contributed by atoms with E-state index in [0.29, 0.717) is 0 Å². The van der Waals surface area contributed by atoms with Gasteiger partial charge in [-0.1, -0.05) is 0 Å². The first kappa shape index (κ1) is 37.6. The summed E-state index contributed by atoms with van der Waals surface area (Å²) in [6.45, 7) is 0. The van der Waals surface area contributed by atoms with E-state index >= 15 is 0 Å². The van der Waals surface area contributed by atoms with E-state index in [0.717, 1.165) is 0 Å². The Labute approximate surface area is 116 Å². The van der Waals surface area contributed by atoms with E-state index in [4.69, 9.17) is 0 Å². The molecule has 0 nitrogen and oxygen atoms in total. The van der Waals surface area contributed by atoms with Crippen LogP contribution < -0.4 is 0 Å². The molecular formula is H6AlBaLiMnNi. The Morgan fingerprint density at radius 1 is 1.00 bits per heavy atom. The fourth-order valence-electron chi connectivity index (χ4n) is 0. The number of hydrogen-bond acceptors (Lipinski definition) is 0. The summed E-state index contributed by atoms with van der Waals surface area (Å²) in [5.74, 6) is 0. The molecule has 0 aliphatic heterocycles. The summed E-state index contributed by atoms with van der Waals surface area (Å²) in [7, 11) is 0. The van der Waals surface area contributed by atoms with Crippen molar-refractivity contribution in [3.63, 3.8) is 0 Å². The molecular weight excluding hydrogens is 285 g/mol. The van der Waals surface area contributed by atoms with Crippen LogP contribution >= 0.6 is 0 Å². The van der Waals surface area contributed by atoms with Crippen molar-refractivity contribution in [3.8, 4) is 0 Å². The summed E-state index contributed by atoms with van der Waals surface area (Å²) < 4.78 is 0. The Bertz CT molecular complexity index is 11.6. The smallest absolute Gasteiger partial charge is 0 e. The van der Waals surface area contributed by atoms with Gasteiger partial charge >= 0.3 is 67.7 Å². The predicted octanol–water partition coefficient (Wildman–Crippen LogP) is -2.75. The predicted molar refractivity (Wildman–Crippen MR) is 25.6 cm³/mol. The maximum atomic E-state index is 0. The van der Waals surface area contributed by atoms with E-state index < -0.39 is 0 Å². The number of hydrogen-bond donors (Lipinski definition) is 0. The third-order valence-corrected chi connectivity index (χ3v) is 0. The Morgan fingerprint density at radius 2 is 1.00 bits per heavy atom. The van der Waals surface area contributed by atoms with Gasteiger partial charge in [-0.2, -0.15) is 0 Å². The van der Waals surface area contributed by atoms with Crippen LogP contribution in [0.25, 0.3) is 0 Å². The molecule has 0 amide bonds. The van der Waals surface area contributed by atoms with E-state index in [1.54, 1.807) is 0 Å². The third-order valence-electron chi connectivity index (χ3n) is 0. The Morgan fingerprint density at radius 3 is 1.00 bits per heavy atom. The molecule has 0 bridgehead atoms. The van der Waals surface area contributed by atoms with Crippen LogP contribution in [0.1, 0.15) is 0 Å². The second kappa shape index (κ2) is 25.2. The molecule has 0 aromatic rings. The summed E-state index contributed by atoms with van der Waals surface area (Å²) in [5, 5.41) is 0. The summed E-state index contributed by atoms with van der Waals surface area (Å²) in [4.78, 5) is 0. The Hall–Kier alpha value is 3.71. The molecule has 0 rings (SSSR count). The van der Waals surface area contributed by atoms with Gasteiger partial charge in [0.15, 0.2) is 17.4 Å². The van der Waals surface area contributed by atoms with E-state index in [1.165, 1.54) is 0 Å². The molecule has 0 unspecified atom stereocenters. The third kappa shape index (κ3) is 18.3. The Kier molecular flexibility index (Phi) is 190. The fraction of sp³-hybridized carbons (Fsp3) is 0. The maximum Gasteiger partial charge on any atom is 0 e. The van der Waals surface area contributed by atoms with Crippen molar-refractivity contribution in [2.45, 2.75) is 0 Å². The molecule has 5 heavy (non-hydrogen) atoms. The van der Waals surface area contributed by atoms with Crippen molar-refractivity contribution < 1.29 is 33.6 Å². The van der Waals surface area contributed by atoms with Crippen LogP contribution in [0.2, 0.25) is 0 Å². The van der Waals surface area contributed by atoms with Gasteiger partial charge in [-0.15, -0.1) is 0 Å². The normalized spacial score (nSPS) is 0. The molecule has 0 aromatic heterocycles. The average molecular weight is 291 g/mol. The SMILES string of the molecule is [AlH3].[BaH2].[LiH].[Mn].[Ni]. The van der Waals surface area contributed by atoms with Crippen LogP contribution in [0, 0.1) is 0 Å². The van der Waals surface area contributed by atoms with E-state index in [9.17, 15) is 0 Å². The molecule has 0 aromatic carbocycles. The molecule has 0 aliphatic rings. The van der Waals surface area contributed by atoms with Crippen LogP contribution in [-0.2, 0) is 33.6 Å². The average Bonchev–Trinajstić information content (AvgIpc) is 0. The molecule has 5 heteroatoms. The van der Waals surface area contributed by atoms with Crippen LogP contribution in [0.4, 0.5) is 0 Å². The zero-order chi connectivity index (χ0) is 0. The molecule has 0 spiro atoms. The zero-order valence-corrected chi connectivity index (χ0v) is 2.86. The minimum absolute atomic E-state index is 0. The molecule has 1 radical (unpaired) electrons. The zero-order valence-electron chi connectivity index (χ0n) is 0.694. The Balaban J connectivity index is 0. The summed E-state index contributed by atoms with van der Waals surface area (Å²) >= 11 is 0. The van der Waals surface area contributed by atoms with E-state index in [2.05, 4.69) is 0 Å². The van der Waals surface area contributed by atoms with E-state index in [-0.39, 0.29) is 119 Å². The molecule has 29 valence electrons. The van der Waals surface area contributed by atoms with Crippen molar-refractivity contribution >= 4 is 85.1 Å². The topological polar surface area (TPSA) is 0 Å². The van der Waals surface area contributed by atoms with Crippen molar-refractivity contribution in [2.24, 2.45) is 0 Å². The number of rotatable bonds is 0. The molecule has 0 aliphatic carbocycles. The van der Waals surface area contributed by atoms with E-state index in [1.807, 2.05) is 0 Å². The summed E-state index contributed by atoms with van der Waals surface area (Å²) in [5.41, 5.74) is 0. The minimum atomic E-state index is 0. The first-order chi connectivity index (χ1) is 0. The second-order valence-corrected chi connectivity index (χ2v) is 0. The van der Waals surface area contributed by atoms with Gasteiger partial charge in [-0.25, -0.2) is 0 Å². The van der Waals surface area contributed by atoms with Crippen LogP contribution in [0.3, 0.4) is 0 Å². The van der Waals surface area contributed by atoms with Crippen molar-refractivity contribution in [1.29, 1.82) is 0 Å². The molecule has 0 fully saturated rings. The van der Waals surface area contributed by atoms with Gasteiger partial charge in [0.05, 0.1) is 0 Å². The van der Waals surface area contributed by atoms with Gasteiger partial charge in [0.1, 0.15) is 0 Å². The van der Waals surface area contributed by atoms with Crippen LogP contribution in [-0.4, -0.2) is 85.1 Å².